The van der Waals surface area contributed by atoms with Crippen molar-refractivity contribution in [2.24, 2.45) is 11.3 Å². The van der Waals surface area contributed by atoms with Crippen LogP contribution in [0.15, 0.2) is 0 Å². The first-order valence-corrected chi connectivity index (χ1v) is 4.58. The van der Waals surface area contributed by atoms with Crippen LogP contribution in [0.3, 0.4) is 0 Å². The molecule has 0 saturated heterocycles. The molecule has 0 amide bonds. The molecule has 2 nitrogen and oxygen atoms in total. The van der Waals surface area contributed by atoms with Gasteiger partial charge in [0.1, 0.15) is 0 Å². The second kappa shape index (κ2) is 5.16. The molecule has 12 heavy (non-hydrogen) atoms. The van der Waals surface area contributed by atoms with E-state index in [0.29, 0.717) is 17.8 Å². The topological polar surface area (TPSA) is 35.8 Å². The Bertz CT molecular complexity index is 154. The van der Waals surface area contributed by atoms with Gasteiger partial charge in [-0.25, -0.2) is 0 Å². The Balaban J connectivity index is 3.56. The zero-order chi connectivity index (χ0) is 9.61. The summed E-state index contributed by atoms with van der Waals surface area (Å²) >= 11 is 0. The molecule has 0 unspecified atom stereocenters. The maximum absolute atomic E-state index is 8.31. The van der Waals surface area contributed by atoms with Crippen molar-refractivity contribution in [3.63, 3.8) is 0 Å². The SMILES string of the molecule is CC(C)C(C)(C)CNCCC#N. The van der Waals surface area contributed by atoms with Crippen molar-refractivity contribution in [2.75, 3.05) is 13.1 Å². The van der Waals surface area contributed by atoms with Gasteiger partial charge in [0.25, 0.3) is 0 Å². The second-order valence-electron chi connectivity index (χ2n) is 4.23. The molecule has 0 aromatic rings. The van der Waals surface area contributed by atoms with Gasteiger partial charge in [-0.3, -0.25) is 0 Å². The highest BCUT2D eigenvalue weighted by Gasteiger charge is 2.21. The number of rotatable bonds is 5. The molecule has 0 heterocycles. The van der Waals surface area contributed by atoms with Crippen molar-refractivity contribution in [1.82, 2.24) is 5.32 Å². The molecular formula is C10H20N2. The van der Waals surface area contributed by atoms with Gasteiger partial charge in [0.15, 0.2) is 0 Å². The molecule has 0 fully saturated rings. The molecule has 0 aromatic carbocycles. The van der Waals surface area contributed by atoms with Crippen molar-refractivity contribution in [3.05, 3.63) is 0 Å². The average Bonchev–Trinajstić information content (AvgIpc) is 1.98. The lowest BCUT2D eigenvalue weighted by Gasteiger charge is -2.29. The fourth-order valence-electron chi connectivity index (χ4n) is 0.759. The van der Waals surface area contributed by atoms with Gasteiger partial charge < -0.3 is 5.32 Å². The normalized spacial score (nSPS) is 11.7. The highest BCUT2D eigenvalue weighted by Crippen LogP contribution is 2.24. The molecule has 2 heteroatoms. The lowest BCUT2D eigenvalue weighted by molar-refractivity contribution is 0.239. The van der Waals surface area contributed by atoms with E-state index < -0.39 is 0 Å². The molecule has 0 aliphatic carbocycles. The summed E-state index contributed by atoms with van der Waals surface area (Å²) in [6.07, 6.45) is 0.605. The van der Waals surface area contributed by atoms with Crippen LogP contribution in [0.2, 0.25) is 0 Å². The van der Waals surface area contributed by atoms with E-state index in [2.05, 4.69) is 39.1 Å². The van der Waals surface area contributed by atoms with E-state index in [4.69, 9.17) is 5.26 Å². The fourth-order valence-corrected chi connectivity index (χ4v) is 0.759. The van der Waals surface area contributed by atoms with Crippen molar-refractivity contribution < 1.29 is 0 Å². The standard InChI is InChI=1S/C10H20N2/c1-9(2)10(3,4)8-12-7-5-6-11/h9,12H,5,7-8H2,1-4H3. The van der Waals surface area contributed by atoms with Crippen LogP contribution < -0.4 is 5.32 Å². The lowest BCUT2D eigenvalue weighted by atomic mass is 9.81. The van der Waals surface area contributed by atoms with Gasteiger partial charge in [-0.05, 0) is 11.3 Å². The number of nitrogens with one attached hydrogen (secondary N) is 1. The monoisotopic (exact) mass is 168 g/mol. The van der Waals surface area contributed by atoms with Gasteiger partial charge in [0.05, 0.1) is 6.07 Å². The summed E-state index contributed by atoms with van der Waals surface area (Å²) < 4.78 is 0. The van der Waals surface area contributed by atoms with E-state index in [1.54, 1.807) is 0 Å². The average molecular weight is 168 g/mol. The zero-order valence-electron chi connectivity index (χ0n) is 8.65. The predicted molar refractivity (Wildman–Crippen MR) is 51.7 cm³/mol. The highest BCUT2D eigenvalue weighted by molar-refractivity contribution is 4.76. The molecule has 0 saturated carbocycles. The first-order chi connectivity index (χ1) is 5.50. The summed E-state index contributed by atoms with van der Waals surface area (Å²) in [5.74, 6) is 0.673. The summed E-state index contributed by atoms with van der Waals surface area (Å²) in [4.78, 5) is 0. The van der Waals surface area contributed by atoms with E-state index in [0.717, 1.165) is 13.1 Å². The summed E-state index contributed by atoms with van der Waals surface area (Å²) in [6.45, 7) is 10.8. The number of hydrogen-bond acceptors (Lipinski definition) is 2. The minimum absolute atomic E-state index is 0.329. The Labute approximate surface area is 76.0 Å². The number of nitriles is 1. The molecule has 0 aliphatic rings. The number of hydrogen-bond donors (Lipinski definition) is 1. The maximum Gasteiger partial charge on any atom is 0.0635 e. The van der Waals surface area contributed by atoms with Crippen LogP contribution in [0.1, 0.15) is 34.1 Å². The largest absolute Gasteiger partial charge is 0.315 e. The molecule has 0 bridgehead atoms. The van der Waals surface area contributed by atoms with Crippen LogP contribution in [-0.2, 0) is 0 Å². The van der Waals surface area contributed by atoms with Crippen LogP contribution in [0, 0.1) is 22.7 Å². The molecule has 1 N–H and O–H groups in total. The quantitative estimate of drug-likeness (QED) is 0.639. The molecular weight excluding hydrogens is 148 g/mol. The Morgan fingerprint density at radius 1 is 1.42 bits per heavy atom. The lowest BCUT2D eigenvalue weighted by Crippen LogP contribution is -2.33. The van der Waals surface area contributed by atoms with Crippen LogP contribution in [0.25, 0.3) is 0 Å². The minimum atomic E-state index is 0.329. The summed E-state index contributed by atoms with van der Waals surface area (Å²) in [5, 5.41) is 11.6. The third-order valence-corrected chi connectivity index (χ3v) is 2.56. The van der Waals surface area contributed by atoms with Crippen LogP contribution in [0.4, 0.5) is 0 Å². The molecule has 0 spiro atoms. The summed E-state index contributed by atoms with van der Waals surface area (Å²) in [7, 11) is 0. The van der Waals surface area contributed by atoms with Crippen molar-refractivity contribution in [3.8, 4) is 6.07 Å². The fraction of sp³-hybridized carbons (Fsp3) is 0.900. The van der Waals surface area contributed by atoms with Crippen molar-refractivity contribution >= 4 is 0 Å². The number of nitrogens with zero attached hydrogens (tertiary/aromatic N) is 1. The van der Waals surface area contributed by atoms with E-state index in [1.165, 1.54) is 0 Å². The van der Waals surface area contributed by atoms with Gasteiger partial charge >= 0.3 is 0 Å². The first-order valence-electron chi connectivity index (χ1n) is 4.58. The Kier molecular flexibility index (Phi) is 4.92. The van der Waals surface area contributed by atoms with Crippen molar-refractivity contribution in [2.45, 2.75) is 34.1 Å². The van der Waals surface area contributed by atoms with E-state index in [-0.39, 0.29) is 0 Å². The molecule has 0 radical (unpaired) electrons. The van der Waals surface area contributed by atoms with E-state index in [9.17, 15) is 0 Å². The highest BCUT2D eigenvalue weighted by atomic mass is 14.9. The third kappa shape index (κ3) is 4.35. The predicted octanol–water partition coefficient (Wildman–Crippen LogP) is 2.17. The van der Waals surface area contributed by atoms with Gasteiger partial charge in [0.2, 0.25) is 0 Å². The molecule has 0 rings (SSSR count). The maximum atomic E-state index is 8.31. The summed E-state index contributed by atoms with van der Waals surface area (Å²) in [5.41, 5.74) is 0.329. The smallest absolute Gasteiger partial charge is 0.0635 e. The minimum Gasteiger partial charge on any atom is -0.315 e. The van der Waals surface area contributed by atoms with Gasteiger partial charge in [-0.15, -0.1) is 0 Å². The second-order valence-corrected chi connectivity index (χ2v) is 4.23. The Morgan fingerprint density at radius 3 is 2.42 bits per heavy atom. The Morgan fingerprint density at radius 2 is 2.00 bits per heavy atom. The van der Waals surface area contributed by atoms with E-state index in [1.807, 2.05) is 0 Å². The summed E-state index contributed by atoms with van der Waals surface area (Å²) in [6, 6.07) is 2.12. The van der Waals surface area contributed by atoms with Gasteiger partial charge in [-0.2, -0.15) is 5.26 Å². The van der Waals surface area contributed by atoms with Crippen LogP contribution in [0.5, 0.6) is 0 Å². The molecule has 0 atom stereocenters. The van der Waals surface area contributed by atoms with Gasteiger partial charge in [-0.1, -0.05) is 27.7 Å². The Hall–Kier alpha value is -0.550. The molecule has 70 valence electrons. The molecule has 0 aromatic heterocycles. The zero-order valence-corrected chi connectivity index (χ0v) is 8.65. The first kappa shape index (κ1) is 11.4. The van der Waals surface area contributed by atoms with Crippen LogP contribution >= 0.6 is 0 Å². The van der Waals surface area contributed by atoms with Crippen molar-refractivity contribution in [1.29, 1.82) is 5.26 Å². The van der Waals surface area contributed by atoms with Crippen LogP contribution in [-0.4, -0.2) is 13.1 Å². The van der Waals surface area contributed by atoms with Gasteiger partial charge in [0, 0.05) is 19.5 Å². The van der Waals surface area contributed by atoms with E-state index >= 15 is 0 Å². The molecule has 0 aliphatic heterocycles. The third-order valence-electron chi connectivity index (χ3n) is 2.56.